The summed E-state index contributed by atoms with van der Waals surface area (Å²) in [4.78, 5) is 12.8. The number of anilines is 1. The third kappa shape index (κ3) is 2.00. The van der Waals surface area contributed by atoms with E-state index in [1.807, 2.05) is 6.07 Å². The monoisotopic (exact) mass is 225 g/mol. The van der Waals surface area contributed by atoms with Crippen LogP contribution in [0.2, 0.25) is 0 Å². The molecule has 0 radical (unpaired) electrons. The van der Waals surface area contributed by atoms with Gasteiger partial charge in [0.05, 0.1) is 12.2 Å². The van der Waals surface area contributed by atoms with Crippen LogP contribution >= 0.6 is 11.3 Å². The van der Waals surface area contributed by atoms with Crippen molar-refractivity contribution in [2.24, 2.45) is 0 Å². The Morgan fingerprint density at radius 3 is 2.93 bits per heavy atom. The van der Waals surface area contributed by atoms with E-state index in [4.69, 9.17) is 10.5 Å². The molecular formula is C11H15NO2S. The van der Waals surface area contributed by atoms with Crippen LogP contribution in [0.4, 0.5) is 5.00 Å². The molecule has 1 heterocycles. The summed E-state index contributed by atoms with van der Waals surface area (Å²) in [6, 6.07) is 1.90. The van der Waals surface area contributed by atoms with E-state index in [9.17, 15) is 4.79 Å². The maximum absolute atomic E-state index is 11.5. The van der Waals surface area contributed by atoms with Gasteiger partial charge >= 0.3 is 5.97 Å². The molecule has 0 saturated heterocycles. The van der Waals surface area contributed by atoms with Crippen LogP contribution < -0.4 is 5.73 Å². The lowest BCUT2D eigenvalue weighted by atomic mass is 9.84. The van der Waals surface area contributed by atoms with Gasteiger partial charge in [0.25, 0.3) is 0 Å². The molecule has 82 valence electrons. The Balaban J connectivity index is 2.17. The van der Waals surface area contributed by atoms with Gasteiger partial charge < -0.3 is 10.5 Å². The van der Waals surface area contributed by atoms with E-state index in [2.05, 4.69) is 0 Å². The summed E-state index contributed by atoms with van der Waals surface area (Å²) in [6.45, 7) is 2.19. The van der Waals surface area contributed by atoms with Crippen LogP contribution in [0.1, 0.15) is 47.3 Å². The van der Waals surface area contributed by atoms with Crippen molar-refractivity contribution in [3.8, 4) is 0 Å². The summed E-state index contributed by atoms with van der Waals surface area (Å²) < 4.78 is 4.94. The van der Waals surface area contributed by atoms with Crippen LogP contribution in [-0.4, -0.2) is 12.6 Å². The standard InChI is InChI=1S/C11H15NO2S/c1-2-14-11(13)8-6-9(15-10(8)12)7-4-3-5-7/h6-7H,2-5,12H2,1H3. The normalized spacial score (nSPS) is 16.1. The molecule has 2 rings (SSSR count). The van der Waals surface area contributed by atoms with Gasteiger partial charge in [-0.15, -0.1) is 11.3 Å². The van der Waals surface area contributed by atoms with Gasteiger partial charge in [0.2, 0.25) is 0 Å². The largest absolute Gasteiger partial charge is 0.462 e. The lowest BCUT2D eigenvalue weighted by Crippen LogP contribution is -2.07. The number of hydrogen-bond donors (Lipinski definition) is 1. The Bertz CT molecular complexity index is 369. The molecule has 15 heavy (non-hydrogen) atoms. The first-order chi connectivity index (χ1) is 7.22. The molecule has 0 unspecified atom stereocenters. The molecule has 0 bridgehead atoms. The van der Waals surface area contributed by atoms with Crippen molar-refractivity contribution in [2.75, 3.05) is 12.3 Å². The minimum Gasteiger partial charge on any atom is -0.462 e. The first-order valence-electron chi connectivity index (χ1n) is 5.28. The molecule has 1 aromatic heterocycles. The van der Waals surface area contributed by atoms with E-state index in [0.29, 0.717) is 23.1 Å². The number of carbonyl (C=O) groups excluding carboxylic acids is 1. The molecule has 0 spiro atoms. The van der Waals surface area contributed by atoms with Gasteiger partial charge in [-0.05, 0) is 31.7 Å². The van der Waals surface area contributed by atoms with Crippen molar-refractivity contribution in [1.82, 2.24) is 0 Å². The van der Waals surface area contributed by atoms with Gasteiger partial charge in [-0.1, -0.05) is 6.42 Å². The highest BCUT2D eigenvalue weighted by molar-refractivity contribution is 7.16. The average Bonchev–Trinajstić information content (AvgIpc) is 2.44. The summed E-state index contributed by atoms with van der Waals surface area (Å²) in [5.41, 5.74) is 6.35. The zero-order chi connectivity index (χ0) is 10.8. The third-order valence-corrected chi connectivity index (χ3v) is 3.91. The van der Waals surface area contributed by atoms with E-state index >= 15 is 0 Å². The van der Waals surface area contributed by atoms with Crippen molar-refractivity contribution >= 4 is 22.3 Å². The van der Waals surface area contributed by atoms with Crippen molar-refractivity contribution in [3.63, 3.8) is 0 Å². The van der Waals surface area contributed by atoms with E-state index in [1.54, 1.807) is 6.92 Å². The number of nitrogens with two attached hydrogens (primary N) is 1. The van der Waals surface area contributed by atoms with E-state index in [1.165, 1.54) is 35.5 Å². The SMILES string of the molecule is CCOC(=O)c1cc(C2CCC2)sc1N. The molecule has 1 fully saturated rings. The van der Waals surface area contributed by atoms with Crippen LogP contribution in [0, 0.1) is 0 Å². The first kappa shape index (κ1) is 10.5. The molecule has 1 saturated carbocycles. The number of ether oxygens (including phenoxy) is 1. The predicted octanol–water partition coefficient (Wildman–Crippen LogP) is 2.77. The lowest BCUT2D eigenvalue weighted by molar-refractivity contribution is 0.0528. The van der Waals surface area contributed by atoms with Crippen molar-refractivity contribution in [3.05, 3.63) is 16.5 Å². The maximum atomic E-state index is 11.5. The van der Waals surface area contributed by atoms with Crippen LogP contribution in [-0.2, 0) is 4.74 Å². The molecule has 1 aliphatic rings. The highest BCUT2D eigenvalue weighted by atomic mass is 32.1. The number of hydrogen-bond acceptors (Lipinski definition) is 4. The minimum absolute atomic E-state index is 0.295. The fourth-order valence-electron chi connectivity index (χ4n) is 1.69. The van der Waals surface area contributed by atoms with Gasteiger partial charge in [0.15, 0.2) is 0 Å². The number of thiophene rings is 1. The van der Waals surface area contributed by atoms with Crippen molar-refractivity contribution in [2.45, 2.75) is 32.1 Å². The average molecular weight is 225 g/mol. The van der Waals surface area contributed by atoms with Gasteiger partial charge in [0, 0.05) is 4.88 Å². The summed E-state index contributed by atoms with van der Waals surface area (Å²) in [7, 11) is 0. The topological polar surface area (TPSA) is 52.3 Å². The quantitative estimate of drug-likeness (QED) is 0.805. The predicted molar refractivity (Wildman–Crippen MR) is 61.3 cm³/mol. The molecule has 0 atom stereocenters. The summed E-state index contributed by atoms with van der Waals surface area (Å²) in [6.07, 6.45) is 3.74. The van der Waals surface area contributed by atoms with Crippen LogP contribution in [0.15, 0.2) is 6.07 Å². The fraction of sp³-hybridized carbons (Fsp3) is 0.545. The molecule has 3 nitrogen and oxygen atoms in total. The van der Waals surface area contributed by atoms with E-state index in [-0.39, 0.29) is 5.97 Å². The Labute approximate surface area is 93.2 Å². The molecule has 2 N–H and O–H groups in total. The van der Waals surface area contributed by atoms with Gasteiger partial charge in [0.1, 0.15) is 5.00 Å². The number of rotatable bonds is 3. The zero-order valence-corrected chi connectivity index (χ0v) is 9.60. The Morgan fingerprint density at radius 2 is 2.40 bits per heavy atom. The highest BCUT2D eigenvalue weighted by Crippen LogP contribution is 2.41. The Morgan fingerprint density at radius 1 is 1.67 bits per heavy atom. The Hall–Kier alpha value is -1.03. The van der Waals surface area contributed by atoms with E-state index < -0.39 is 0 Å². The number of nitrogen functional groups attached to an aromatic ring is 1. The van der Waals surface area contributed by atoms with Crippen LogP contribution in [0.25, 0.3) is 0 Å². The second-order valence-corrected chi connectivity index (χ2v) is 4.89. The highest BCUT2D eigenvalue weighted by Gasteiger charge is 2.24. The minimum atomic E-state index is -0.295. The zero-order valence-electron chi connectivity index (χ0n) is 8.79. The second kappa shape index (κ2) is 4.23. The number of carbonyl (C=O) groups is 1. The summed E-state index contributed by atoms with van der Waals surface area (Å²) >= 11 is 1.53. The van der Waals surface area contributed by atoms with Crippen LogP contribution in [0.5, 0.6) is 0 Å². The Kier molecular flexibility index (Phi) is 2.95. The van der Waals surface area contributed by atoms with Crippen molar-refractivity contribution in [1.29, 1.82) is 0 Å². The van der Waals surface area contributed by atoms with Crippen molar-refractivity contribution < 1.29 is 9.53 Å². The van der Waals surface area contributed by atoms with Gasteiger partial charge in [-0.25, -0.2) is 4.79 Å². The second-order valence-electron chi connectivity index (χ2n) is 3.77. The van der Waals surface area contributed by atoms with Crippen LogP contribution in [0.3, 0.4) is 0 Å². The van der Waals surface area contributed by atoms with Gasteiger partial charge in [-0.2, -0.15) is 0 Å². The summed E-state index contributed by atoms with van der Waals surface area (Å²) in [5, 5.41) is 0.593. The summed E-state index contributed by atoms with van der Waals surface area (Å²) in [5.74, 6) is 0.331. The smallest absolute Gasteiger partial charge is 0.341 e. The molecule has 1 aliphatic carbocycles. The molecule has 0 amide bonds. The molecule has 0 aliphatic heterocycles. The number of esters is 1. The van der Waals surface area contributed by atoms with E-state index in [0.717, 1.165) is 0 Å². The van der Waals surface area contributed by atoms with Gasteiger partial charge in [-0.3, -0.25) is 0 Å². The molecule has 4 heteroatoms. The fourth-order valence-corrected chi connectivity index (χ4v) is 2.77. The first-order valence-corrected chi connectivity index (χ1v) is 6.10. The molecular weight excluding hydrogens is 210 g/mol. The molecule has 1 aromatic rings. The lowest BCUT2D eigenvalue weighted by Gasteiger charge is -2.23. The third-order valence-electron chi connectivity index (χ3n) is 2.78. The maximum Gasteiger partial charge on any atom is 0.341 e. The molecule has 0 aromatic carbocycles.